The second kappa shape index (κ2) is 7.81. The van der Waals surface area contributed by atoms with Crippen molar-refractivity contribution < 1.29 is 18.0 Å². The number of alkyl halides is 3. The summed E-state index contributed by atoms with van der Waals surface area (Å²) in [7, 11) is 0. The number of aromatic nitrogens is 3. The highest BCUT2D eigenvalue weighted by Gasteiger charge is 2.31. The van der Waals surface area contributed by atoms with Crippen molar-refractivity contribution in [2.75, 3.05) is 5.32 Å². The summed E-state index contributed by atoms with van der Waals surface area (Å²) < 4.78 is 41.8. The van der Waals surface area contributed by atoms with Gasteiger partial charge >= 0.3 is 6.18 Å². The Hall–Kier alpha value is -3.62. The number of nitrogens with zero attached hydrogens (tertiary/aromatic N) is 3. The van der Waals surface area contributed by atoms with Crippen molar-refractivity contribution in [3.8, 4) is 0 Å². The molecule has 166 valence electrons. The van der Waals surface area contributed by atoms with E-state index < -0.39 is 29.2 Å². The van der Waals surface area contributed by atoms with Gasteiger partial charge in [0.05, 0.1) is 11.1 Å². The highest BCUT2D eigenvalue weighted by atomic mass is 19.4. The largest absolute Gasteiger partial charge is 0.416 e. The smallest absolute Gasteiger partial charge is 0.324 e. The molecular weight excluding hydrogens is 421 g/mol. The van der Waals surface area contributed by atoms with E-state index in [0.29, 0.717) is 11.3 Å². The number of amides is 1. The number of carbonyl (C=O) groups excluding carboxylic acids is 1. The maximum Gasteiger partial charge on any atom is 0.416 e. The van der Waals surface area contributed by atoms with Crippen LogP contribution in [0.2, 0.25) is 0 Å². The van der Waals surface area contributed by atoms with E-state index in [1.54, 1.807) is 24.3 Å². The lowest BCUT2D eigenvalue weighted by molar-refractivity contribution is -0.137. The van der Waals surface area contributed by atoms with Crippen molar-refractivity contribution in [3.05, 3.63) is 75.8 Å². The molecule has 6 nitrogen and oxygen atoms in total. The van der Waals surface area contributed by atoms with Gasteiger partial charge in [0.2, 0.25) is 5.91 Å². The van der Waals surface area contributed by atoms with Crippen LogP contribution in [0.1, 0.15) is 36.3 Å². The molecule has 0 radical (unpaired) electrons. The monoisotopic (exact) mass is 442 g/mol. The molecule has 0 aliphatic carbocycles. The number of aryl methyl sites for hydroxylation is 2. The van der Waals surface area contributed by atoms with E-state index in [9.17, 15) is 22.8 Å². The van der Waals surface area contributed by atoms with Crippen molar-refractivity contribution in [1.82, 2.24) is 14.2 Å². The van der Waals surface area contributed by atoms with E-state index in [0.717, 1.165) is 33.3 Å². The summed E-state index contributed by atoms with van der Waals surface area (Å²) in [5.41, 5.74) is 0.940. The van der Waals surface area contributed by atoms with Crippen LogP contribution in [0.25, 0.3) is 16.4 Å². The minimum Gasteiger partial charge on any atom is -0.324 e. The number of hydrogen-bond donors (Lipinski definition) is 1. The van der Waals surface area contributed by atoms with Gasteiger partial charge in [0.1, 0.15) is 17.4 Å². The van der Waals surface area contributed by atoms with Crippen molar-refractivity contribution in [2.24, 2.45) is 0 Å². The van der Waals surface area contributed by atoms with Gasteiger partial charge in [-0.3, -0.25) is 14.0 Å². The molecular formula is C23H21F3N4O2. The number of rotatable bonds is 4. The van der Waals surface area contributed by atoms with Gasteiger partial charge in [-0.15, -0.1) is 0 Å². The summed E-state index contributed by atoms with van der Waals surface area (Å²) in [5.74, 6) is -0.0964. The molecule has 2 aromatic heterocycles. The zero-order chi connectivity index (χ0) is 23.2. The van der Waals surface area contributed by atoms with Crippen LogP contribution in [0, 0.1) is 13.8 Å². The topological polar surface area (TPSA) is 68.4 Å². The van der Waals surface area contributed by atoms with Crippen molar-refractivity contribution in [2.45, 2.75) is 39.4 Å². The summed E-state index contributed by atoms with van der Waals surface area (Å²) in [5, 5.41) is 7.73. The third kappa shape index (κ3) is 3.74. The van der Waals surface area contributed by atoms with Gasteiger partial charge in [0, 0.05) is 11.1 Å². The maximum atomic E-state index is 13.2. The van der Waals surface area contributed by atoms with E-state index in [1.165, 1.54) is 12.1 Å². The Morgan fingerprint density at radius 3 is 2.53 bits per heavy atom. The fraction of sp³-hybridized carbons (Fsp3) is 0.261. The normalized spacial score (nSPS) is 12.9. The maximum absolute atomic E-state index is 13.2. The fourth-order valence-electron chi connectivity index (χ4n) is 3.88. The van der Waals surface area contributed by atoms with E-state index in [-0.39, 0.29) is 12.1 Å². The summed E-state index contributed by atoms with van der Waals surface area (Å²) in [6.07, 6.45) is -4.30. The lowest BCUT2D eigenvalue weighted by Gasteiger charge is -2.18. The number of halogens is 3. The molecule has 0 fully saturated rings. The molecule has 1 atom stereocenters. The zero-order valence-corrected chi connectivity index (χ0v) is 17.7. The number of carbonyl (C=O) groups is 1. The SMILES string of the molecule is CC[C@H](C(=O)Nc1cccc(C(F)(F)F)c1)n1nc(C)n2c(cc3cc(C)ccc32)c1=O. The number of anilines is 1. The van der Waals surface area contributed by atoms with Gasteiger partial charge < -0.3 is 5.32 Å². The van der Waals surface area contributed by atoms with Crippen LogP contribution in [0.15, 0.2) is 53.3 Å². The molecule has 1 amide bonds. The number of fused-ring (bicyclic) bond motifs is 3. The molecule has 4 aromatic rings. The lowest BCUT2D eigenvalue weighted by Crippen LogP contribution is -2.36. The Morgan fingerprint density at radius 2 is 1.84 bits per heavy atom. The standard InChI is InChI=1S/C23H21F3N4O2/c1-4-18(21(31)27-17-7-5-6-16(12-17)23(24,25)26)30-22(32)20-11-15-10-13(2)8-9-19(15)29(20)14(3)28-30/h5-12,18H,4H2,1-3H3,(H,27,31)/t18-/m1/s1. The van der Waals surface area contributed by atoms with Gasteiger partial charge in [-0.05, 0) is 56.7 Å². The Morgan fingerprint density at radius 1 is 1.09 bits per heavy atom. The van der Waals surface area contributed by atoms with Crippen LogP contribution in [-0.4, -0.2) is 20.1 Å². The van der Waals surface area contributed by atoms with E-state index in [4.69, 9.17) is 0 Å². The minimum absolute atomic E-state index is 0.00183. The fourth-order valence-corrected chi connectivity index (χ4v) is 3.88. The summed E-state index contributed by atoms with van der Waals surface area (Å²) in [4.78, 5) is 26.2. The molecule has 0 unspecified atom stereocenters. The molecule has 1 N–H and O–H groups in total. The quantitative estimate of drug-likeness (QED) is 0.490. The van der Waals surface area contributed by atoms with Gasteiger partial charge in [-0.25, -0.2) is 4.68 Å². The summed E-state index contributed by atoms with van der Waals surface area (Å²) in [6, 6.07) is 11.0. The van der Waals surface area contributed by atoms with Crippen molar-refractivity contribution in [3.63, 3.8) is 0 Å². The van der Waals surface area contributed by atoms with Crippen molar-refractivity contribution >= 4 is 28.0 Å². The molecule has 32 heavy (non-hydrogen) atoms. The first-order chi connectivity index (χ1) is 15.1. The second-order valence-corrected chi connectivity index (χ2v) is 7.72. The molecule has 0 bridgehead atoms. The molecule has 2 aromatic carbocycles. The Labute approximate surface area is 181 Å². The predicted octanol–water partition coefficient (Wildman–Crippen LogP) is 4.87. The molecule has 0 aliphatic rings. The van der Waals surface area contributed by atoms with Crippen LogP contribution in [0.4, 0.5) is 18.9 Å². The molecule has 0 saturated carbocycles. The van der Waals surface area contributed by atoms with Crippen LogP contribution < -0.4 is 10.9 Å². The van der Waals surface area contributed by atoms with Crippen LogP contribution >= 0.6 is 0 Å². The lowest BCUT2D eigenvalue weighted by atomic mass is 10.1. The average Bonchev–Trinajstić information content (AvgIpc) is 3.11. The Kier molecular flexibility index (Phi) is 5.28. The second-order valence-electron chi connectivity index (χ2n) is 7.72. The molecule has 0 spiro atoms. The van der Waals surface area contributed by atoms with E-state index >= 15 is 0 Å². The third-order valence-electron chi connectivity index (χ3n) is 5.40. The molecule has 0 saturated heterocycles. The first kappa shape index (κ1) is 21.6. The van der Waals surface area contributed by atoms with Gasteiger partial charge in [0.25, 0.3) is 5.56 Å². The van der Waals surface area contributed by atoms with E-state index in [1.807, 2.05) is 25.1 Å². The molecule has 9 heteroatoms. The third-order valence-corrected chi connectivity index (χ3v) is 5.40. The minimum atomic E-state index is -4.53. The first-order valence-electron chi connectivity index (χ1n) is 10.1. The molecule has 0 aliphatic heterocycles. The number of nitrogens with one attached hydrogen (secondary N) is 1. The first-order valence-corrected chi connectivity index (χ1v) is 10.1. The average molecular weight is 442 g/mol. The van der Waals surface area contributed by atoms with Crippen LogP contribution in [0.5, 0.6) is 0 Å². The molecule has 4 rings (SSSR count). The zero-order valence-electron chi connectivity index (χ0n) is 17.7. The predicted molar refractivity (Wildman–Crippen MR) is 116 cm³/mol. The number of hydrogen-bond acceptors (Lipinski definition) is 3. The van der Waals surface area contributed by atoms with Gasteiger partial charge in [0.15, 0.2) is 0 Å². The van der Waals surface area contributed by atoms with Gasteiger partial charge in [-0.2, -0.15) is 18.3 Å². The number of benzene rings is 2. The molecule has 2 heterocycles. The van der Waals surface area contributed by atoms with Crippen LogP contribution in [0.3, 0.4) is 0 Å². The van der Waals surface area contributed by atoms with Crippen molar-refractivity contribution in [1.29, 1.82) is 0 Å². The summed E-state index contributed by atoms with van der Waals surface area (Å²) >= 11 is 0. The highest BCUT2D eigenvalue weighted by molar-refractivity contribution is 5.94. The Balaban J connectivity index is 1.75. The Bertz CT molecular complexity index is 1400. The van der Waals surface area contributed by atoms with Gasteiger partial charge in [-0.1, -0.05) is 24.6 Å². The van der Waals surface area contributed by atoms with Crippen LogP contribution in [-0.2, 0) is 11.0 Å². The highest BCUT2D eigenvalue weighted by Crippen LogP contribution is 2.31. The van der Waals surface area contributed by atoms with E-state index in [2.05, 4.69) is 10.4 Å². The summed E-state index contributed by atoms with van der Waals surface area (Å²) in [6.45, 7) is 5.40.